The predicted molar refractivity (Wildman–Crippen MR) is 94.6 cm³/mol. The zero-order chi connectivity index (χ0) is 18.4. The number of benzene rings is 1. The number of carboxylic acid groups (broad SMARTS) is 1. The standard InChI is InChI=1S/C17H20N2O5S/c1-10-9-25-17(18-10)19-15(20)7-12(8-16(21)22)11-4-5-13(23-2)14(6-11)24-3/h4-6,9,12H,7-8H2,1-3H3,(H,21,22)(H,18,19,20)/t12-/m1/s1. The third-order valence-corrected chi connectivity index (χ3v) is 4.47. The second-order valence-electron chi connectivity index (χ2n) is 5.46. The molecule has 0 aliphatic rings. The molecule has 1 amide bonds. The van der Waals surface area contributed by atoms with Crippen LogP contribution in [-0.4, -0.2) is 36.2 Å². The highest BCUT2D eigenvalue weighted by Crippen LogP contribution is 2.33. The van der Waals surface area contributed by atoms with Gasteiger partial charge in [0, 0.05) is 17.7 Å². The van der Waals surface area contributed by atoms with Gasteiger partial charge < -0.3 is 19.9 Å². The molecule has 1 aromatic heterocycles. The van der Waals surface area contributed by atoms with Gasteiger partial charge in [-0.3, -0.25) is 9.59 Å². The highest BCUT2D eigenvalue weighted by Gasteiger charge is 2.21. The number of nitrogens with zero attached hydrogens (tertiary/aromatic N) is 1. The lowest BCUT2D eigenvalue weighted by Crippen LogP contribution is -2.17. The lowest BCUT2D eigenvalue weighted by Gasteiger charge is -2.17. The molecular weight excluding hydrogens is 344 g/mol. The Kier molecular flexibility index (Phi) is 6.35. The Balaban J connectivity index is 2.17. The molecule has 2 aromatic rings. The highest BCUT2D eigenvalue weighted by atomic mass is 32.1. The van der Waals surface area contributed by atoms with E-state index in [1.165, 1.54) is 25.6 Å². The van der Waals surface area contributed by atoms with E-state index in [0.29, 0.717) is 22.2 Å². The molecule has 2 N–H and O–H groups in total. The number of methoxy groups -OCH3 is 2. The molecule has 0 fully saturated rings. The third kappa shape index (κ3) is 5.18. The Bertz CT molecular complexity index is 759. The zero-order valence-corrected chi connectivity index (χ0v) is 15.1. The third-order valence-electron chi connectivity index (χ3n) is 3.60. The second-order valence-corrected chi connectivity index (χ2v) is 6.31. The van der Waals surface area contributed by atoms with Crippen molar-refractivity contribution in [3.8, 4) is 11.5 Å². The molecule has 0 bridgehead atoms. The maximum absolute atomic E-state index is 12.3. The lowest BCUT2D eigenvalue weighted by molar-refractivity contribution is -0.137. The number of amides is 1. The molecule has 1 atom stereocenters. The van der Waals surface area contributed by atoms with Gasteiger partial charge in [0.2, 0.25) is 5.91 Å². The summed E-state index contributed by atoms with van der Waals surface area (Å²) in [5.41, 5.74) is 1.52. The number of rotatable bonds is 8. The van der Waals surface area contributed by atoms with Crippen LogP contribution in [0.2, 0.25) is 0 Å². The van der Waals surface area contributed by atoms with Crippen LogP contribution in [0, 0.1) is 6.92 Å². The van der Waals surface area contributed by atoms with Crippen molar-refractivity contribution in [3.63, 3.8) is 0 Å². The van der Waals surface area contributed by atoms with Crippen molar-refractivity contribution in [3.05, 3.63) is 34.8 Å². The van der Waals surface area contributed by atoms with Crippen molar-refractivity contribution in [2.45, 2.75) is 25.7 Å². The predicted octanol–water partition coefficient (Wildman–Crippen LogP) is 3.06. The van der Waals surface area contributed by atoms with Crippen LogP contribution in [-0.2, 0) is 9.59 Å². The summed E-state index contributed by atoms with van der Waals surface area (Å²) in [5, 5.41) is 14.2. The van der Waals surface area contributed by atoms with E-state index in [9.17, 15) is 14.7 Å². The summed E-state index contributed by atoms with van der Waals surface area (Å²) in [6, 6.07) is 5.15. The summed E-state index contributed by atoms with van der Waals surface area (Å²) in [7, 11) is 3.03. The number of anilines is 1. The Morgan fingerprint density at radius 1 is 1.24 bits per heavy atom. The SMILES string of the molecule is COc1ccc([C@@H](CC(=O)O)CC(=O)Nc2nc(C)cs2)cc1OC. The van der Waals surface area contributed by atoms with Crippen LogP contribution < -0.4 is 14.8 Å². The molecule has 0 saturated carbocycles. The van der Waals surface area contributed by atoms with E-state index in [1.54, 1.807) is 18.2 Å². The molecule has 0 aliphatic heterocycles. The minimum Gasteiger partial charge on any atom is -0.493 e. The molecule has 7 nitrogen and oxygen atoms in total. The maximum atomic E-state index is 12.3. The Morgan fingerprint density at radius 2 is 1.96 bits per heavy atom. The quantitative estimate of drug-likeness (QED) is 0.747. The average Bonchev–Trinajstić information content (AvgIpc) is 2.97. The van der Waals surface area contributed by atoms with Gasteiger partial charge in [-0.05, 0) is 24.6 Å². The van der Waals surface area contributed by atoms with E-state index in [4.69, 9.17) is 9.47 Å². The van der Waals surface area contributed by atoms with Crippen LogP contribution in [0.3, 0.4) is 0 Å². The minimum absolute atomic E-state index is 0.0282. The Hall–Kier alpha value is -2.61. The molecule has 25 heavy (non-hydrogen) atoms. The van der Waals surface area contributed by atoms with Gasteiger partial charge in [-0.1, -0.05) is 6.07 Å². The van der Waals surface area contributed by atoms with Crippen LogP contribution >= 0.6 is 11.3 Å². The first kappa shape index (κ1) is 18.7. The summed E-state index contributed by atoms with van der Waals surface area (Å²) >= 11 is 1.33. The monoisotopic (exact) mass is 364 g/mol. The number of ether oxygens (including phenoxy) is 2. The van der Waals surface area contributed by atoms with Gasteiger partial charge >= 0.3 is 5.97 Å². The van der Waals surface area contributed by atoms with Gasteiger partial charge in [0.1, 0.15) is 0 Å². The number of aromatic nitrogens is 1. The first-order valence-corrected chi connectivity index (χ1v) is 8.46. The fourth-order valence-electron chi connectivity index (χ4n) is 2.43. The Labute approximate surface area is 149 Å². The summed E-state index contributed by atoms with van der Waals surface area (Å²) in [4.78, 5) is 27.7. The fourth-order valence-corrected chi connectivity index (χ4v) is 3.14. The number of thiazole rings is 1. The Morgan fingerprint density at radius 3 is 2.52 bits per heavy atom. The number of carbonyl (C=O) groups excluding carboxylic acids is 1. The topological polar surface area (TPSA) is 97.8 Å². The molecular formula is C17H20N2O5S. The molecule has 0 spiro atoms. The van der Waals surface area contributed by atoms with Crippen molar-refractivity contribution in [1.29, 1.82) is 0 Å². The highest BCUT2D eigenvalue weighted by molar-refractivity contribution is 7.13. The number of carboxylic acids is 1. The van der Waals surface area contributed by atoms with Crippen molar-refractivity contribution >= 4 is 28.3 Å². The van der Waals surface area contributed by atoms with Gasteiger partial charge in [-0.25, -0.2) is 4.98 Å². The van der Waals surface area contributed by atoms with Crippen LogP contribution in [0.15, 0.2) is 23.6 Å². The summed E-state index contributed by atoms with van der Waals surface area (Å²) < 4.78 is 10.4. The first-order valence-electron chi connectivity index (χ1n) is 7.58. The van der Waals surface area contributed by atoms with Crippen molar-refractivity contribution in [2.75, 3.05) is 19.5 Å². The number of nitrogens with one attached hydrogen (secondary N) is 1. The van der Waals surface area contributed by atoms with Crippen molar-refractivity contribution in [1.82, 2.24) is 4.98 Å². The molecule has 1 aromatic carbocycles. The van der Waals surface area contributed by atoms with Gasteiger partial charge in [0.25, 0.3) is 0 Å². The molecule has 0 aliphatic carbocycles. The molecule has 0 saturated heterocycles. The van der Waals surface area contributed by atoms with Crippen LogP contribution in [0.1, 0.15) is 30.0 Å². The lowest BCUT2D eigenvalue weighted by atomic mass is 9.92. The van der Waals surface area contributed by atoms with Crippen molar-refractivity contribution in [2.24, 2.45) is 0 Å². The van der Waals surface area contributed by atoms with Crippen LogP contribution in [0.25, 0.3) is 0 Å². The largest absolute Gasteiger partial charge is 0.493 e. The number of hydrogen-bond acceptors (Lipinski definition) is 6. The smallest absolute Gasteiger partial charge is 0.303 e. The van der Waals surface area contributed by atoms with Crippen LogP contribution in [0.4, 0.5) is 5.13 Å². The fraction of sp³-hybridized carbons (Fsp3) is 0.353. The van der Waals surface area contributed by atoms with Crippen molar-refractivity contribution < 1.29 is 24.2 Å². The van der Waals surface area contributed by atoms with E-state index in [0.717, 1.165) is 5.69 Å². The van der Waals surface area contributed by atoms with E-state index in [-0.39, 0.29) is 18.7 Å². The number of hydrogen-bond donors (Lipinski definition) is 2. The van der Waals surface area contributed by atoms with E-state index >= 15 is 0 Å². The molecule has 1 heterocycles. The first-order chi connectivity index (χ1) is 11.9. The summed E-state index contributed by atoms with van der Waals surface area (Å²) in [6.07, 6.45) is -0.139. The summed E-state index contributed by atoms with van der Waals surface area (Å²) in [6.45, 7) is 1.84. The molecule has 0 unspecified atom stereocenters. The van der Waals surface area contributed by atoms with Gasteiger partial charge in [0.15, 0.2) is 16.6 Å². The summed E-state index contributed by atoms with van der Waals surface area (Å²) in [5.74, 6) is -0.708. The van der Waals surface area contributed by atoms with Gasteiger partial charge in [-0.15, -0.1) is 11.3 Å². The number of aryl methyl sites for hydroxylation is 1. The van der Waals surface area contributed by atoms with E-state index < -0.39 is 11.9 Å². The molecule has 0 radical (unpaired) electrons. The molecule has 134 valence electrons. The number of aliphatic carboxylic acids is 1. The zero-order valence-electron chi connectivity index (χ0n) is 14.2. The van der Waals surface area contributed by atoms with Gasteiger partial charge in [0.05, 0.1) is 26.3 Å². The normalized spacial score (nSPS) is 11.6. The average molecular weight is 364 g/mol. The van der Waals surface area contributed by atoms with Gasteiger partial charge in [-0.2, -0.15) is 0 Å². The minimum atomic E-state index is -0.974. The molecule has 8 heteroatoms. The van der Waals surface area contributed by atoms with E-state index in [2.05, 4.69) is 10.3 Å². The van der Waals surface area contributed by atoms with Crippen LogP contribution in [0.5, 0.6) is 11.5 Å². The number of carbonyl (C=O) groups is 2. The van der Waals surface area contributed by atoms with E-state index in [1.807, 2.05) is 12.3 Å². The maximum Gasteiger partial charge on any atom is 0.303 e. The second kappa shape index (κ2) is 8.48. The molecule has 2 rings (SSSR count).